The van der Waals surface area contributed by atoms with Gasteiger partial charge in [-0.05, 0) is 38.5 Å². The van der Waals surface area contributed by atoms with E-state index in [0.29, 0.717) is 22.3 Å². The molecule has 4 unspecified atom stereocenters. The summed E-state index contributed by atoms with van der Waals surface area (Å²) in [6, 6.07) is 4.70. The standard InChI is InChI=1S/C15H23Cl2N5O2/c1-8-5-13(18-7-9(2)23)21-14(19-8)22-15(24)20-10-3-4-11(16)12(17)6-10/h3-4,6,8-9,13-14,18-19,21,23H,5,7H2,1-2H3,(H2,20,22,24). The van der Waals surface area contributed by atoms with E-state index in [9.17, 15) is 9.90 Å². The summed E-state index contributed by atoms with van der Waals surface area (Å²) in [7, 11) is 0. The van der Waals surface area contributed by atoms with Crippen molar-refractivity contribution in [3.8, 4) is 0 Å². The molecule has 1 aromatic rings. The van der Waals surface area contributed by atoms with Crippen LogP contribution in [0.15, 0.2) is 18.2 Å². The molecule has 7 nitrogen and oxygen atoms in total. The van der Waals surface area contributed by atoms with Crippen LogP contribution in [0.25, 0.3) is 0 Å². The molecule has 2 rings (SSSR count). The van der Waals surface area contributed by atoms with Gasteiger partial charge in [0.25, 0.3) is 0 Å². The predicted octanol–water partition coefficient (Wildman–Crippen LogP) is 1.67. The van der Waals surface area contributed by atoms with Gasteiger partial charge in [-0.1, -0.05) is 23.2 Å². The van der Waals surface area contributed by atoms with Gasteiger partial charge in [0.05, 0.1) is 22.3 Å². The number of nitrogens with one attached hydrogen (secondary N) is 5. The van der Waals surface area contributed by atoms with Gasteiger partial charge in [-0.25, -0.2) is 4.79 Å². The van der Waals surface area contributed by atoms with Crippen LogP contribution in [0, 0.1) is 0 Å². The second kappa shape index (κ2) is 8.84. The van der Waals surface area contributed by atoms with Crippen LogP contribution in [-0.4, -0.2) is 42.3 Å². The first-order chi connectivity index (χ1) is 11.3. The number of aliphatic hydroxyl groups excluding tert-OH is 1. The van der Waals surface area contributed by atoms with Crippen molar-refractivity contribution in [1.29, 1.82) is 0 Å². The van der Waals surface area contributed by atoms with E-state index in [1.54, 1.807) is 25.1 Å². The summed E-state index contributed by atoms with van der Waals surface area (Å²) in [5.41, 5.74) is 0.550. The number of carbonyl (C=O) groups excluding carboxylic acids is 1. The molecule has 2 amide bonds. The molecule has 9 heteroatoms. The van der Waals surface area contributed by atoms with E-state index in [0.717, 1.165) is 6.42 Å². The zero-order chi connectivity index (χ0) is 17.7. The predicted molar refractivity (Wildman–Crippen MR) is 96.2 cm³/mol. The molecule has 1 fully saturated rings. The number of aliphatic hydroxyl groups is 1. The summed E-state index contributed by atoms with van der Waals surface area (Å²) in [4.78, 5) is 12.1. The summed E-state index contributed by atoms with van der Waals surface area (Å²) >= 11 is 11.8. The monoisotopic (exact) mass is 375 g/mol. The van der Waals surface area contributed by atoms with Gasteiger partial charge in [-0.2, -0.15) is 0 Å². The molecule has 1 aromatic carbocycles. The molecular weight excluding hydrogens is 353 g/mol. The Morgan fingerprint density at radius 1 is 1.38 bits per heavy atom. The van der Waals surface area contributed by atoms with Gasteiger partial charge in [-0.15, -0.1) is 0 Å². The van der Waals surface area contributed by atoms with Crippen LogP contribution in [0.3, 0.4) is 0 Å². The molecule has 0 bridgehead atoms. The summed E-state index contributed by atoms with van der Waals surface area (Å²) < 4.78 is 0. The number of amides is 2. The van der Waals surface area contributed by atoms with E-state index in [1.165, 1.54) is 0 Å². The number of halogens is 2. The smallest absolute Gasteiger partial charge is 0.321 e. The van der Waals surface area contributed by atoms with E-state index in [-0.39, 0.29) is 18.2 Å². The van der Waals surface area contributed by atoms with Gasteiger partial charge in [0, 0.05) is 18.3 Å². The molecule has 6 N–H and O–H groups in total. The van der Waals surface area contributed by atoms with Crippen molar-refractivity contribution in [2.45, 2.75) is 44.9 Å². The largest absolute Gasteiger partial charge is 0.392 e. The van der Waals surface area contributed by atoms with Crippen LogP contribution < -0.4 is 26.6 Å². The van der Waals surface area contributed by atoms with Crippen LogP contribution in [0.1, 0.15) is 20.3 Å². The lowest BCUT2D eigenvalue weighted by Gasteiger charge is -2.37. The highest BCUT2D eigenvalue weighted by Gasteiger charge is 2.25. The lowest BCUT2D eigenvalue weighted by Crippen LogP contribution is -2.68. The number of rotatable bonds is 5. The van der Waals surface area contributed by atoms with E-state index in [4.69, 9.17) is 23.2 Å². The molecule has 0 radical (unpaired) electrons. The fourth-order valence-corrected chi connectivity index (χ4v) is 2.73. The molecule has 0 aliphatic carbocycles. The molecule has 134 valence electrons. The Morgan fingerprint density at radius 3 is 2.79 bits per heavy atom. The Kier molecular flexibility index (Phi) is 7.09. The number of hydrogen-bond donors (Lipinski definition) is 6. The number of carbonyl (C=O) groups is 1. The fourth-order valence-electron chi connectivity index (χ4n) is 2.43. The Balaban J connectivity index is 1.86. The molecule has 24 heavy (non-hydrogen) atoms. The van der Waals surface area contributed by atoms with E-state index < -0.39 is 12.4 Å². The van der Waals surface area contributed by atoms with Crippen LogP contribution in [0.4, 0.5) is 10.5 Å². The van der Waals surface area contributed by atoms with Crippen molar-refractivity contribution in [3.63, 3.8) is 0 Å². The Hall–Kier alpha value is -1.09. The van der Waals surface area contributed by atoms with Gasteiger partial charge in [0.15, 0.2) is 0 Å². The van der Waals surface area contributed by atoms with Gasteiger partial charge in [0.2, 0.25) is 0 Å². The van der Waals surface area contributed by atoms with Crippen LogP contribution in [0.2, 0.25) is 10.0 Å². The Morgan fingerprint density at radius 2 is 2.12 bits per heavy atom. The quantitative estimate of drug-likeness (QED) is 0.470. The highest BCUT2D eigenvalue weighted by molar-refractivity contribution is 6.42. The highest BCUT2D eigenvalue weighted by Crippen LogP contribution is 2.24. The summed E-state index contributed by atoms with van der Waals surface area (Å²) in [5.74, 6) is 0. The van der Waals surface area contributed by atoms with E-state index >= 15 is 0 Å². The van der Waals surface area contributed by atoms with Crippen LogP contribution in [0.5, 0.6) is 0 Å². The average Bonchev–Trinajstić information content (AvgIpc) is 2.48. The van der Waals surface area contributed by atoms with Crippen molar-refractivity contribution in [2.75, 3.05) is 11.9 Å². The number of benzene rings is 1. The third-order valence-corrected chi connectivity index (χ3v) is 4.26. The van der Waals surface area contributed by atoms with Gasteiger partial charge in [-0.3, -0.25) is 16.0 Å². The zero-order valence-corrected chi connectivity index (χ0v) is 15.1. The molecule has 0 spiro atoms. The highest BCUT2D eigenvalue weighted by atomic mass is 35.5. The third kappa shape index (κ3) is 6.08. The van der Waals surface area contributed by atoms with Crippen LogP contribution >= 0.6 is 23.2 Å². The maximum Gasteiger partial charge on any atom is 0.321 e. The normalized spacial score (nSPS) is 25.1. The van der Waals surface area contributed by atoms with Gasteiger partial charge < -0.3 is 15.7 Å². The van der Waals surface area contributed by atoms with Crippen molar-refractivity contribution >= 4 is 34.9 Å². The molecule has 1 aliphatic rings. The van der Waals surface area contributed by atoms with E-state index in [2.05, 4.69) is 26.6 Å². The maximum absolute atomic E-state index is 12.1. The molecule has 1 saturated heterocycles. The minimum atomic E-state index is -0.429. The first kappa shape index (κ1) is 19.2. The first-order valence-electron chi connectivity index (χ1n) is 7.79. The fraction of sp³-hybridized carbons (Fsp3) is 0.533. The SMILES string of the molecule is CC(O)CNC1CC(C)NC(NC(=O)Nc2ccc(Cl)c(Cl)c2)N1. The molecule has 0 aromatic heterocycles. The summed E-state index contributed by atoms with van der Waals surface area (Å²) in [6.45, 7) is 4.23. The number of anilines is 1. The van der Waals surface area contributed by atoms with Crippen molar-refractivity contribution in [3.05, 3.63) is 28.2 Å². The van der Waals surface area contributed by atoms with Crippen molar-refractivity contribution in [1.82, 2.24) is 21.3 Å². The van der Waals surface area contributed by atoms with Crippen molar-refractivity contribution in [2.24, 2.45) is 0 Å². The lowest BCUT2D eigenvalue weighted by atomic mass is 10.1. The summed E-state index contributed by atoms with van der Waals surface area (Å²) in [6.07, 6.45) is -0.00485. The van der Waals surface area contributed by atoms with Crippen molar-refractivity contribution < 1.29 is 9.90 Å². The minimum absolute atomic E-state index is 0.00822. The molecule has 4 atom stereocenters. The van der Waals surface area contributed by atoms with Gasteiger partial charge in [0.1, 0.15) is 6.29 Å². The first-order valence-corrected chi connectivity index (χ1v) is 8.55. The van der Waals surface area contributed by atoms with Crippen LogP contribution in [-0.2, 0) is 0 Å². The average molecular weight is 376 g/mol. The zero-order valence-electron chi connectivity index (χ0n) is 13.6. The molecular formula is C15H23Cl2N5O2. The van der Waals surface area contributed by atoms with E-state index in [1.807, 2.05) is 6.92 Å². The number of urea groups is 1. The lowest BCUT2D eigenvalue weighted by molar-refractivity contribution is 0.155. The second-order valence-electron chi connectivity index (χ2n) is 5.94. The van der Waals surface area contributed by atoms with Gasteiger partial charge >= 0.3 is 6.03 Å². The Labute approximate surface area is 151 Å². The Bertz CT molecular complexity index is 573. The molecule has 1 heterocycles. The summed E-state index contributed by atoms with van der Waals surface area (Å²) in [5, 5.41) is 25.3. The topological polar surface area (TPSA) is 97.5 Å². The molecule has 1 aliphatic heterocycles. The molecule has 0 saturated carbocycles. The number of hydrogen-bond acceptors (Lipinski definition) is 5. The maximum atomic E-state index is 12.1. The third-order valence-electron chi connectivity index (χ3n) is 3.52. The minimum Gasteiger partial charge on any atom is -0.392 e. The second-order valence-corrected chi connectivity index (χ2v) is 6.75.